The van der Waals surface area contributed by atoms with Crippen molar-refractivity contribution in [1.29, 1.82) is 0 Å². The minimum atomic E-state index is 0.884. The average Bonchev–Trinajstić information content (AvgIpc) is 2.88. The Labute approximate surface area is 129 Å². The van der Waals surface area contributed by atoms with Crippen LogP contribution in [0.3, 0.4) is 0 Å². The van der Waals surface area contributed by atoms with Crippen molar-refractivity contribution in [3.8, 4) is 16.9 Å². The van der Waals surface area contributed by atoms with Gasteiger partial charge >= 0.3 is 0 Å². The van der Waals surface area contributed by atoms with E-state index in [1.807, 2.05) is 12.1 Å². The number of methoxy groups -OCH3 is 1. The zero-order valence-electron chi connectivity index (χ0n) is 12.7. The first-order valence-corrected chi connectivity index (χ1v) is 7.39. The molecule has 0 radical (unpaired) electrons. The fourth-order valence-corrected chi connectivity index (χ4v) is 3.12. The van der Waals surface area contributed by atoms with Crippen molar-refractivity contribution >= 4 is 21.8 Å². The van der Waals surface area contributed by atoms with Crippen LogP contribution in [0, 0.1) is 0 Å². The molecule has 0 saturated heterocycles. The fourth-order valence-electron chi connectivity index (χ4n) is 3.12. The summed E-state index contributed by atoms with van der Waals surface area (Å²) in [7, 11) is 3.82. The maximum atomic E-state index is 5.23. The molecule has 4 aromatic rings. The van der Waals surface area contributed by atoms with Crippen molar-refractivity contribution in [2.75, 3.05) is 7.11 Å². The van der Waals surface area contributed by atoms with Gasteiger partial charge in [-0.1, -0.05) is 42.5 Å². The number of ether oxygens (including phenoxy) is 1. The van der Waals surface area contributed by atoms with E-state index in [9.17, 15) is 0 Å². The topological polar surface area (TPSA) is 14.2 Å². The largest absolute Gasteiger partial charge is 0.497 e. The van der Waals surface area contributed by atoms with Gasteiger partial charge in [-0.05, 0) is 35.4 Å². The van der Waals surface area contributed by atoms with Crippen LogP contribution in [0.2, 0.25) is 0 Å². The molecule has 0 fully saturated rings. The first-order valence-electron chi connectivity index (χ1n) is 7.39. The van der Waals surface area contributed by atoms with E-state index in [1.54, 1.807) is 7.11 Å². The Bertz CT molecular complexity index is 964. The highest BCUT2D eigenvalue weighted by molar-refractivity contribution is 6.08. The van der Waals surface area contributed by atoms with Gasteiger partial charge in [-0.3, -0.25) is 0 Å². The highest BCUT2D eigenvalue weighted by atomic mass is 16.5. The van der Waals surface area contributed by atoms with Gasteiger partial charge in [0.2, 0.25) is 0 Å². The maximum Gasteiger partial charge on any atom is 0.118 e. The monoisotopic (exact) mass is 287 g/mol. The number of aryl methyl sites for hydroxylation is 1. The summed E-state index contributed by atoms with van der Waals surface area (Å²) in [5, 5.41) is 2.61. The first kappa shape index (κ1) is 13.0. The van der Waals surface area contributed by atoms with Gasteiger partial charge in [0.05, 0.1) is 7.11 Å². The second-order valence-electron chi connectivity index (χ2n) is 5.54. The molecule has 0 aliphatic carbocycles. The summed E-state index contributed by atoms with van der Waals surface area (Å²) in [6.07, 6.45) is 0. The number of nitrogens with zero attached hydrogens (tertiary/aromatic N) is 1. The molecule has 0 unspecified atom stereocenters. The van der Waals surface area contributed by atoms with E-state index in [4.69, 9.17) is 4.74 Å². The Kier molecular flexibility index (Phi) is 2.90. The van der Waals surface area contributed by atoms with Crippen LogP contribution in [-0.2, 0) is 7.05 Å². The lowest BCUT2D eigenvalue weighted by Crippen LogP contribution is -1.87. The summed E-state index contributed by atoms with van der Waals surface area (Å²) in [6, 6.07) is 23.4. The van der Waals surface area contributed by atoms with Gasteiger partial charge in [0.1, 0.15) is 5.75 Å². The first-order chi connectivity index (χ1) is 10.8. The van der Waals surface area contributed by atoms with E-state index < -0.39 is 0 Å². The predicted molar refractivity (Wildman–Crippen MR) is 92.4 cm³/mol. The quantitative estimate of drug-likeness (QED) is 0.505. The summed E-state index contributed by atoms with van der Waals surface area (Å²) < 4.78 is 7.49. The van der Waals surface area contributed by atoms with Crippen LogP contribution in [0.5, 0.6) is 5.75 Å². The lowest BCUT2D eigenvalue weighted by molar-refractivity contribution is 0.415. The SMILES string of the molecule is COc1ccc(-c2ccc3c4ccccc4n(C)c3c2)cc1. The number of benzene rings is 3. The van der Waals surface area contributed by atoms with E-state index in [0.29, 0.717) is 0 Å². The second kappa shape index (κ2) is 4.92. The van der Waals surface area contributed by atoms with E-state index in [-0.39, 0.29) is 0 Å². The molecular weight excluding hydrogens is 270 g/mol. The van der Waals surface area contributed by atoms with Crippen molar-refractivity contribution in [1.82, 2.24) is 4.57 Å². The summed E-state index contributed by atoms with van der Waals surface area (Å²) in [6.45, 7) is 0. The van der Waals surface area contributed by atoms with Crippen LogP contribution in [0.25, 0.3) is 32.9 Å². The minimum Gasteiger partial charge on any atom is -0.497 e. The molecule has 2 nitrogen and oxygen atoms in total. The van der Waals surface area contributed by atoms with Crippen molar-refractivity contribution < 1.29 is 4.74 Å². The van der Waals surface area contributed by atoms with Crippen LogP contribution in [0.15, 0.2) is 66.7 Å². The lowest BCUT2D eigenvalue weighted by Gasteiger charge is -2.05. The Morgan fingerprint density at radius 1 is 0.727 bits per heavy atom. The third-order valence-electron chi connectivity index (χ3n) is 4.34. The summed E-state index contributed by atoms with van der Waals surface area (Å²) in [5.74, 6) is 0.884. The van der Waals surface area contributed by atoms with E-state index >= 15 is 0 Å². The molecule has 4 rings (SSSR count). The summed E-state index contributed by atoms with van der Waals surface area (Å²) in [5.41, 5.74) is 4.95. The maximum absolute atomic E-state index is 5.23. The highest BCUT2D eigenvalue weighted by Gasteiger charge is 2.08. The third kappa shape index (κ3) is 1.88. The standard InChI is InChI=1S/C20H17NO/c1-21-19-6-4-3-5-17(19)18-12-9-15(13-20(18)21)14-7-10-16(22-2)11-8-14/h3-13H,1-2H3. The molecule has 108 valence electrons. The summed E-state index contributed by atoms with van der Waals surface area (Å²) >= 11 is 0. The Hall–Kier alpha value is -2.74. The van der Waals surface area contributed by atoms with Crippen LogP contribution in [-0.4, -0.2) is 11.7 Å². The number of aromatic nitrogens is 1. The molecule has 22 heavy (non-hydrogen) atoms. The lowest BCUT2D eigenvalue weighted by atomic mass is 10.0. The smallest absolute Gasteiger partial charge is 0.118 e. The Balaban J connectivity index is 1.93. The number of para-hydroxylation sites is 1. The van der Waals surface area contributed by atoms with Crippen molar-refractivity contribution in [3.05, 3.63) is 66.7 Å². The minimum absolute atomic E-state index is 0.884. The molecule has 3 aromatic carbocycles. The Morgan fingerprint density at radius 3 is 2.18 bits per heavy atom. The van der Waals surface area contributed by atoms with Gasteiger partial charge in [-0.2, -0.15) is 0 Å². The zero-order chi connectivity index (χ0) is 15.1. The molecule has 0 bridgehead atoms. The molecule has 0 spiro atoms. The van der Waals surface area contributed by atoms with Crippen LogP contribution < -0.4 is 4.74 Å². The molecule has 1 aromatic heterocycles. The molecule has 0 atom stereocenters. The Morgan fingerprint density at radius 2 is 1.41 bits per heavy atom. The number of fused-ring (bicyclic) bond motifs is 3. The molecular formula is C20H17NO. The fraction of sp³-hybridized carbons (Fsp3) is 0.100. The molecule has 2 heteroatoms. The van der Waals surface area contributed by atoms with Crippen molar-refractivity contribution in [2.45, 2.75) is 0 Å². The van der Waals surface area contributed by atoms with Crippen LogP contribution in [0.1, 0.15) is 0 Å². The van der Waals surface area contributed by atoms with Gasteiger partial charge in [0, 0.05) is 28.9 Å². The van der Waals surface area contributed by atoms with Gasteiger partial charge in [-0.25, -0.2) is 0 Å². The summed E-state index contributed by atoms with van der Waals surface area (Å²) in [4.78, 5) is 0. The third-order valence-corrected chi connectivity index (χ3v) is 4.34. The molecule has 1 heterocycles. The number of hydrogen-bond acceptors (Lipinski definition) is 1. The average molecular weight is 287 g/mol. The predicted octanol–water partition coefficient (Wildman–Crippen LogP) is 5.01. The number of hydrogen-bond donors (Lipinski definition) is 0. The highest BCUT2D eigenvalue weighted by Crippen LogP contribution is 2.32. The van der Waals surface area contributed by atoms with Gasteiger partial charge in [0.25, 0.3) is 0 Å². The second-order valence-corrected chi connectivity index (χ2v) is 5.54. The van der Waals surface area contributed by atoms with Gasteiger partial charge in [0.15, 0.2) is 0 Å². The van der Waals surface area contributed by atoms with Gasteiger partial charge < -0.3 is 9.30 Å². The molecule has 0 saturated carbocycles. The zero-order valence-corrected chi connectivity index (χ0v) is 12.7. The molecule has 0 aliphatic rings. The van der Waals surface area contributed by atoms with Crippen LogP contribution >= 0.6 is 0 Å². The molecule has 0 aliphatic heterocycles. The van der Waals surface area contributed by atoms with Gasteiger partial charge in [-0.15, -0.1) is 0 Å². The van der Waals surface area contributed by atoms with E-state index in [1.165, 1.54) is 32.9 Å². The molecule has 0 amide bonds. The van der Waals surface area contributed by atoms with Crippen molar-refractivity contribution in [3.63, 3.8) is 0 Å². The molecule has 0 N–H and O–H groups in total. The number of rotatable bonds is 2. The van der Waals surface area contributed by atoms with Crippen molar-refractivity contribution in [2.24, 2.45) is 7.05 Å². The van der Waals surface area contributed by atoms with E-state index in [0.717, 1.165) is 5.75 Å². The van der Waals surface area contributed by atoms with Crippen LogP contribution in [0.4, 0.5) is 0 Å². The van der Waals surface area contributed by atoms with E-state index in [2.05, 4.69) is 66.2 Å². The normalized spacial score (nSPS) is 11.2.